The zero-order chi connectivity index (χ0) is 21.1. The van der Waals surface area contributed by atoms with Gasteiger partial charge in [0, 0.05) is 11.5 Å². The van der Waals surface area contributed by atoms with E-state index in [1.54, 1.807) is 38.5 Å². The molecule has 0 spiro atoms. The number of aryl methyl sites for hydroxylation is 1. The topological polar surface area (TPSA) is 57.9 Å². The molecule has 4 rings (SSSR count). The SMILES string of the molecule is COc1ccc(-c2cc3ccc(OCc4ccc(C)cc4)cc3oc2=O)cc1OC. The molecule has 0 radical (unpaired) electrons. The number of fused-ring (bicyclic) bond motifs is 1. The first-order valence-electron chi connectivity index (χ1n) is 9.56. The fourth-order valence-corrected chi connectivity index (χ4v) is 3.24. The molecule has 0 aliphatic carbocycles. The molecule has 0 aliphatic heterocycles. The first-order valence-corrected chi connectivity index (χ1v) is 9.56. The lowest BCUT2D eigenvalue weighted by molar-refractivity contribution is 0.306. The van der Waals surface area contributed by atoms with Crippen LogP contribution < -0.4 is 19.8 Å². The van der Waals surface area contributed by atoms with Gasteiger partial charge in [-0.1, -0.05) is 35.9 Å². The van der Waals surface area contributed by atoms with Crippen LogP contribution in [-0.4, -0.2) is 14.2 Å². The summed E-state index contributed by atoms with van der Waals surface area (Å²) >= 11 is 0. The van der Waals surface area contributed by atoms with E-state index in [4.69, 9.17) is 18.6 Å². The molecule has 0 saturated heterocycles. The van der Waals surface area contributed by atoms with Crippen molar-refractivity contribution < 1.29 is 18.6 Å². The predicted octanol–water partition coefficient (Wildman–Crippen LogP) is 5.36. The summed E-state index contributed by atoms with van der Waals surface area (Å²) in [4.78, 5) is 12.6. The van der Waals surface area contributed by atoms with Gasteiger partial charge in [-0.15, -0.1) is 0 Å². The van der Waals surface area contributed by atoms with E-state index in [1.165, 1.54) is 5.56 Å². The molecule has 0 bridgehead atoms. The van der Waals surface area contributed by atoms with Crippen LogP contribution in [0.3, 0.4) is 0 Å². The van der Waals surface area contributed by atoms with Gasteiger partial charge in [-0.25, -0.2) is 4.79 Å². The van der Waals surface area contributed by atoms with Crippen LogP contribution in [-0.2, 0) is 6.61 Å². The van der Waals surface area contributed by atoms with Crippen molar-refractivity contribution in [2.75, 3.05) is 14.2 Å². The Kier molecular flexibility index (Phi) is 5.44. The maximum absolute atomic E-state index is 12.6. The smallest absolute Gasteiger partial charge is 0.344 e. The molecule has 5 heteroatoms. The minimum atomic E-state index is -0.426. The van der Waals surface area contributed by atoms with E-state index >= 15 is 0 Å². The second-order valence-electron chi connectivity index (χ2n) is 6.99. The Morgan fingerprint density at radius 2 is 1.60 bits per heavy atom. The molecule has 4 aromatic rings. The second-order valence-corrected chi connectivity index (χ2v) is 6.99. The van der Waals surface area contributed by atoms with Crippen LogP contribution in [0.2, 0.25) is 0 Å². The standard InChI is InChI=1S/C25H22O5/c1-16-4-6-17(7-5-16)15-29-20-10-8-19-12-21(25(26)30-23(19)14-20)18-9-11-22(27-2)24(13-18)28-3/h4-14H,15H2,1-3H3. The molecule has 0 fully saturated rings. The van der Waals surface area contributed by atoms with E-state index < -0.39 is 5.63 Å². The third kappa shape index (κ3) is 4.01. The third-order valence-corrected chi connectivity index (χ3v) is 4.93. The van der Waals surface area contributed by atoms with E-state index in [1.807, 2.05) is 49.4 Å². The number of hydrogen-bond acceptors (Lipinski definition) is 5. The molecule has 1 aromatic heterocycles. The number of rotatable bonds is 6. The lowest BCUT2D eigenvalue weighted by Gasteiger charge is -2.10. The Hall–Kier alpha value is -3.73. The summed E-state index contributed by atoms with van der Waals surface area (Å²) in [6, 6.07) is 20.8. The van der Waals surface area contributed by atoms with Crippen molar-refractivity contribution in [1.82, 2.24) is 0 Å². The van der Waals surface area contributed by atoms with Gasteiger partial charge in [-0.2, -0.15) is 0 Å². The molecular formula is C25H22O5. The maximum Gasteiger partial charge on any atom is 0.344 e. The maximum atomic E-state index is 12.6. The Balaban J connectivity index is 1.62. The highest BCUT2D eigenvalue weighted by Gasteiger charge is 2.12. The van der Waals surface area contributed by atoms with Crippen LogP contribution in [0.15, 0.2) is 75.9 Å². The largest absolute Gasteiger partial charge is 0.493 e. The average Bonchev–Trinajstić information content (AvgIpc) is 2.77. The van der Waals surface area contributed by atoms with Gasteiger partial charge in [0.05, 0.1) is 19.8 Å². The van der Waals surface area contributed by atoms with Crippen molar-refractivity contribution >= 4 is 11.0 Å². The minimum absolute atomic E-state index is 0.426. The fourth-order valence-electron chi connectivity index (χ4n) is 3.24. The molecule has 3 aromatic carbocycles. The summed E-state index contributed by atoms with van der Waals surface area (Å²) in [6.07, 6.45) is 0. The lowest BCUT2D eigenvalue weighted by atomic mass is 10.1. The van der Waals surface area contributed by atoms with Crippen LogP contribution in [0.25, 0.3) is 22.1 Å². The zero-order valence-corrected chi connectivity index (χ0v) is 17.1. The highest BCUT2D eigenvalue weighted by molar-refractivity contribution is 5.83. The Bertz CT molecular complexity index is 1240. The summed E-state index contributed by atoms with van der Waals surface area (Å²) in [7, 11) is 3.13. The molecule has 30 heavy (non-hydrogen) atoms. The van der Waals surface area contributed by atoms with E-state index in [-0.39, 0.29) is 0 Å². The van der Waals surface area contributed by atoms with Crippen LogP contribution in [0.1, 0.15) is 11.1 Å². The van der Waals surface area contributed by atoms with Gasteiger partial charge in [0.1, 0.15) is 17.9 Å². The number of benzene rings is 3. The molecular weight excluding hydrogens is 380 g/mol. The Morgan fingerprint density at radius 1 is 0.833 bits per heavy atom. The van der Waals surface area contributed by atoms with Crippen molar-refractivity contribution in [2.45, 2.75) is 13.5 Å². The van der Waals surface area contributed by atoms with Crippen molar-refractivity contribution in [1.29, 1.82) is 0 Å². The number of hydrogen-bond donors (Lipinski definition) is 0. The average molecular weight is 402 g/mol. The van der Waals surface area contributed by atoms with Crippen LogP contribution in [0.4, 0.5) is 0 Å². The Labute approximate surface area is 174 Å². The first kappa shape index (κ1) is 19.6. The summed E-state index contributed by atoms with van der Waals surface area (Å²) in [5, 5.41) is 0.807. The first-order chi connectivity index (χ1) is 14.6. The summed E-state index contributed by atoms with van der Waals surface area (Å²) in [5.74, 6) is 1.79. The van der Waals surface area contributed by atoms with E-state index in [2.05, 4.69) is 0 Å². The fraction of sp³-hybridized carbons (Fsp3) is 0.160. The number of methoxy groups -OCH3 is 2. The van der Waals surface area contributed by atoms with Crippen molar-refractivity contribution in [3.05, 3.63) is 88.3 Å². The lowest BCUT2D eigenvalue weighted by Crippen LogP contribution is -2.03. The van der Waals surface area contributed by atoms with Crippen molar-refractivity contribution in [3.63, 3.8) is 0 Å². The second kappa shape index (κ2) is 8.33. The quantitative estimate of drug-likeness (QED) is 0.406. The third-order valence-electron chi connectivity index (χ3n) is 4.93. The summed E-state index contributed by atoms with van der Waals surface area (Å²) in [6.45, 7) is 2.49. The van der Waals surface area contributed by atoms with Crippen LogP contribution in [0, 0.1) is 6.92 Å². The van der Waals surface area contributed by atoms with E-state index in [0.717, 1.165) is 10.9 Å². The summed E-state index contributed by atoms with van der Waals surface area (Å²) in [5.41, 5.74) is 3.48. The minimum Gasteiger partial charge on any atom is -0.493 e. The van der Waals surface area contributed by atoms with Gasteiger partial charge in [0.15, 0.2) is 11.5 Å². The monoisotopic (exact) mass is 402 g/mol. The molecule has 0 saturated carbocycles. The van der Waals surface area contributed by atoms with Gasteiger partial charge in [-0.05, 0) is 48.4 Å². The molecule has 0 amide bonds. The Morgan fingerprint density at radius 3 is 2.33 bits per heavy atom. The van der Waals surface area contributed by atoms with Gasteiger partial charge >= 0.3 is 5.63 Å². The van der Waals surface area contributed by atoms with Gasteiger partial charge in [0.2, 0.25) is 0 Å². The summed E-state index contributed by atoms with van der Waals surface area (Å²) < 4.78 is 22.0. The van der Waals surface area contributed by atoms with Crippen molar-refractivity contribution in [2.24, 2.45) is 0 Å². The molecule has 1 heterocycles. The van der Waals surface area contributed by atoms with Gasteiger partial charge in [-0.3, -0.25) is 0 Å². The number of ether oxygens (including phenoxy) is 3. The van der Waals surface area contributed by atoms with Gasteiger partial charge in [0.25, 0.3) is 0 Å². The molecule has 0 unspecified atom stereocenters. The predicted molar refractivity (Wildman–Crippen MR) is 117 cm³/mol. The molecule has 5 nitrogen and oxygen atoms in total. The van der Waals surface area contributed by atoms with Crippen LogP contribution >= 0.6 is 0 Å². The van der Waals surface area contributed by atoms with E-state index in [9.17, 15) is 4.79 Å². The highest BCUT2D eigenvalue weighted by Crippen LogP contribution is 2.32. The molecule has 152 valence electrons. The van der Waals surface area contributed by atoms with Crippen LogP contribution in [0.5, 0.6) is 17.2 Å². The van der Waals surface area contributed by atoms with Crippen molar-refractivity contribution in [3.8, 4) is 28.4 Å². The molecule has 0 N–H and O–H groups in total. The zero-order valence-electron chi connectivity index (χ0n) is 17.1. The van der Waals surface area contributed by atoms with Gasteiger partial charge < -0.3 is 18.6 Å². The normalized spacial score (nSPS) is 10.8. The highest BCUT2D eigenvalue weighted by atomic mass is 16.5. The molecule has 0 atom stereocenters. The van der Waals surface area contributed by atoms with E-state index in [0.29, 0.717) is 40.6 Å². The molecule has 0 aliphatic rings.